The highest BCUT2D eigenvalue weighted by Crippen LogP contribution is 2.12. The van der Waals surface area contributed by atoms with E-state index >= 15 is 0 Å². The molecule has 0 rings (SSSR count). The van der Waals surface area contributed by atoms with Crippen LogP contribution in [0.3, 0.4) is 0 Å². The van der Waals surface area contributed by atoms with Crippen molar-refractivity contribution in [3.05, 3.63) is 23.3 Å². The van der Waals surface area contributed by atoms with Gasteiger partial charge in [0.25, 0.3) is 0 Å². The molecule has 0 aromatic rings. The van der Waals surface area contributed by atoms with E-state index in [-0.39, 0.29) is 0 Å². The summed E-state index contributed by atoms with van der Waals surface area (Å²) in [5.41, 5.74) is 2.86. The van der Waals surface area contributed by atoms with Crippen LogP contribution in [0.2, 0.25) is 0 Å². The van der Waals surface area contributed by atoms with E-state index in [4.69, 9.17) is 0 Å². The van der Waals surface area contributed by atoms with Gasteiger partial charge in [0.2, 0.25) is 0 Å². The standard InChI is InChI=1S/C15H26O/c1-13(2)7-5-8-14(3)9-6-10-15(4)11-12-16/h7,9,12,15H,5-6,8,10-11H2,1-4H3/b14-9+/t15-/m0/s1. The Morgan fingerprint density at radius 2 is 1.81 bits per heavy atom. The summed E-state index contributed by atoms with van der Waals surface area (Å²) in [5, 5.41) is 0. The number of rotatable bonds is 8. The molecule has 0 saturated heterocycles. The number of carbonyl (C=O) groups excluding carboxylic acids is 1. The van der Waals surface area contributed by atoms with Crippen LogP contribution in [0.4, 0.5) is 0 Å². The lowest BCUT2D eigenvalue weighted by Crippen LogP contribution is -1.94. The van der Waals surface area contributed by atoms with E-state index in [1.807, 2.05) is 0 Å². The molecule has 92 valence electrons. The van der Waals surface area contributed by atoms with Crippen LogP contribution < -0.4 is 0 Å². The van der Waals surface area contributed by atoms with Gasteiger partial charge in [0.05, 0.1) is 0 Å². The molecule has 0 amide bonds. The minimum Gasteiger partial charge on any atom is -0.303 e. The third-order valence-corrected chi connectivity index (χ3v) is 2.74. The van der Waals surface area contributed by atoms with Crippen molar-refractivity contribution in [2.75, 3.05) is 0 Å². The van der Waals surface area contributed by atoms with Crippen molar-refractivity contribution in [1.29, 1.82) is 0 Å². The molecule has 1 heteroatoms. The molecule has 0 radical (unpaired) electrons. The molecular formula is C15H26O. The minimum atomic E-state index is 0.527. The highest BCUT2D eigenvalue weighted by atomic mass is 16.1. The monoisotopic (exact) mass is 222 g/mol. The molecule has 0 N–H and O–H groups in total. The van der Waals surface area contributed by atoms with Crippen LogP contribution in [0.1, 0.15) is 59.8 Å². The van der Waals surface area contributed by atoms with Crippen molar-refractivity contribution in [3.8, 4) is 0 Å². The van der Waals surface area contributed by atoms with Gasteiger partial charge in [-0.3, -0.25) is 0 Å². The molecule has 0 aromatic carbocycles. The van der Waals surface area contributed by atoms with Gasteiger partial charge >= 0.3 is 0 Å². The van der Waals surface area contributed by atoms with Crippen molar-refractivity contribution in [1.82, 2.24) is 0 Å². The molecule has 0 unspecified atom stereocenters. The molecule has 0 bridgehead atoms. The lowest BCUT2D eigenvalue weighted by molar-refractivity contribution is -0.108. The Morgan fingerprint density at radius 3 is 2.38 bits per heavy atom. The zero-order valence-electron chi connectivity index (χ0n) is 11.3. The highest BCUT2D eigenvalue weighted by Gasteiger charge is 1.99. The van der Waals surface area contributed by atoms with Crippen molar-refractivity contribution in [3.63, 3.8) is 0 Å². The Kier molecular flexibility index (Phi) is 8.88. The van der Waals surface area contributed by atoms with Crippen LogP contribution in [0.25, 0.3) is 0 Å². The first-order chi connectivity index (χ1) is 7.56. The zero-order valence-corrected chi connectivity index (χ0v) is 11.3. The Hall–Kier alpha value is -0.850. The molecule has 0 aliphatic heterocycles. The lowest BCUT2D eigenvalue weighted by atomic mass is 10.0. The maximum Gasteiger partial charge on any atom is 0.120 e. The average molecular weight is 222 g/mol. The van der Waals surface area contributed by atoms with Crippen LogP contribution in [0.15, 0.2) is 23.3 Å². The third-order valence-electron chi connectivity index (χ3n) is 2.74. The molecule has 0 heterocycles. The molecule has 1 nitrogen and oxygen atoms in total. The summed E-state index contributed by atoms with van der Waals surface area (Å²) in [7, 11) is 0. The number of carbonyl (C=O) groups is 1. The second-order valence-electron chi connectivity index (χ2n) is 4.96. The second kappa shape index (κ2) is 9.38. The maximum atomic E-state index is 10.3. The van der Waals surface area contributed by atoms with Gasteiger partial charge in [-0.25, -0.2) is 0 Å². The molecule has 16 heavy (non-hydrogen) atoms. The summed E-state index contributed by atoms with van der Waals surface area (Å²) in [6.07, 6.45) is 10.9. The normalized spacial score (nSPS) is 13.4. The first kappa shape index (κ1) is 15.2. The quantitative estimate of drug-likeness (QED) is 0.430. The fraction of sp³-hybridized carbons (Fsp3) is 0.667. The highest BCUT2D eigenvalue weighted by molar-refractivity contribution is 5.49. The molecule has 0 aliphatic rings. The fourth-order valence-corrected chi connectivity index (χ4v) is 1.59. The largest absolute Gasteiger partial charge is 0.303 e. The van der Waals surface area contributed by atoms with Gasteiger partial charge < -0.3 is 4.79 Å². The van der Waals surface area contributed by atoms with E-state index in [0.717, 1.165) is 32.0 Å². The number of hydrogen-bond acceptors (Lipinski definition) is 1. The Balaban J connectivity index is 3.70. The maximum absolute atomic E-state index is 10.3. The Bertz CT molecular complexity index is 244. The van der Waals surface area contributed by atoms with Gasteiger partial charge in [0, 0.05) is 6.42 Å². The number of allylic oxidation sites excluding steroid dienone is 4. The Labute approximate surface area is 101 Å². The van der Waals surface area contributed by atoms with E-state index in [0.29, 0.717) is 12.3 Å². The molecule has 0 fully saturated rings. The van der Waals surface area contributed by atoms with Crippen LogP contribution in [0, 0.1) is 5.92 Å². The molecule has 0 aliphatic carbocycles. The third kappa shape index (κ3) is 9.70. The van der Waals surface area contributed by atoms with Gasteiger partial charge in [-0.1, -0.05) is 30.2 Å². The summed E-state index contributed by atoms with van der Waals surface area (Å²) in [4.78, 5) is 10.3. The lowest BCUT2D eigenvalue weighted by Gasteiger charge is -2.05. The smallest absolute Gasteiger partial charge is 0.120 e. The average Bonchev–Trinajstić information content (AvgIpc) is 2.17. The fourth-order valence-electron chi connectivity index (χ4n) is 1.59. The second-order valence-corrected chi connectivity index (χ2v) is 4.96. The SMILES string of the molecule is CC(C)=CCC/C(C)=C/CC[C@H](C)CC=O. The summed E-state index contributed by atoms with van der Waals surface area (Å²) >= 11 is 0. The van der Waals surface area contributed by atoms with E-state index in [1.165, 1.54) is 11.1 Å². The van der Waals surface area contributed by atoms with Gasteiger partial charge in [-0.05, 0) is 52.4 Å². The molecule has 1 atom stereocenters. The summed E-state index contributed by atoms with van der Waals surface area (Å²) in [5.74, 6) is 0.527. The van der Waals surface area contributed by atoms with Crippen molar-refractivity contribution in [2.45, 2.75) is 59.8 Å². The minimum absolute atomic E-state index is 0.527. The first-order valence-corrected chi connectivity index (χ1v) is 6.29. The molecular weight excluding hydrogens is 196 g/mol. The van der Waals surface area contributed by atoms with Crippen molar-refractivity contribution < 1.29 is 4.79 Å². The van der Waals surface area contributed by atoms with Crippen LogP contribution >= 0.6 is 0 Å². The van der Waals surface area contributed by atoms with E-state index < -0.39 is 0 Å². The number of aldehydes is 1. The first-order valence-electron chi connectivity index (χ1n) is 6.29. The van der Waals surface area contributed by atoms with Gasteiger partial charge in [0.1, 0.15) is 6.29 Å². The molecule has 0 saturated carbocycles. The predicted octanol–water partition coefficient (Wildman–Crippen LogP) is 4.68. The summed E-state index contributed by atoms with van der Waals surface area (Å²) in [6, 6.07) is 0. The summed E-state index contributed by atoms with van der Waals surface area (Å²) < 4.78 is 0. The van der Waals surface area contributed by atoms with E-state index in [9.17, 15) is 4.79 Å². The van der Waals surface area contributed by atoms with Gasteiger partial charge in [-0.2, -0.15) is 0 Å². The van der Waals surface area contributed by atoms with E-state index in [1.54, 1.807) is 0 Å². The van der Waals surface area contributed by atoms with Gasteiger partial charge in [-0.15, -0.1) is 0 Å². The van der Waals surface area contributed by atoms with Gasteiger partial charge in [0.15, 0.2) is 0 Å². The zero-order chi connectivity index (χ0) is 12.4. The van der Waals surface area contributed by atoms with Crippen LogP contribution in [-0.4, -0.2) is 6.29 Å². The van der Waals surface area contributed by atoms with E-state index in [2.05, 4.69) is 39.8 Å². The molecule has 0 spiro atoms. The van der Waals surface area contributed by atoms with Crippen molar-refractivity contribution in [2.24, 2.45) is 5.92 Å². The van der Waals surface area contributed by atoms with Crippen LogP contribution in [0.5, 0.6) is 0 Å². The number of hydrogen-bond donors (Lipinski definition) is 0. The van der Waals surface area contributed by atoms with Crippen LogP contribution in [-0.2, 0) is 4.79 Å². The van der Waals surface area contributed by atoms with Crippen molar-refractivity contribution >= 4 is 6.29 Å². The molecule has 0 aromatic heterocycles. The predicted molar refractivity (Wildman–Crippen MR) is 71.5 cm³/mol. The summed E-state index contributed by atoms with van der Waals surface area (Å²) in [6.45, 7) is 8.62. The Morgan fingerprint density at radius 1 is 1.12 bits per heavy atom. The topological polar surface area (TPSA) is 17.1 Å².